The molecule has 0 saturated heterocycles. The maximum atomic E-state index is 12.6. The van der Waals surface area contributed by atoms with E-state index in [0.717, 1.165) is 23.3 Å². The Hall–Kier alpha value is -2.56. The van der Waals surface area contributed by atoms with Crippen molar-refractivity contribution in [2.75, 3.05) is 7.11 Å². The van der Waals surface area contributed by atoms with E-state index in [9.17, 15) is 13.2 Å². The number of carbonyl (C=O) groups is 1. The van der Waals surface area contributed by atoms with Crippen LogP contribution in [0, 0.1) is 0 Å². The first kappa shape index (κ1) is 23.1. The lowest BCUT2D eigenvalue weighted by molar-refractivity contribution is -0.120. The normalized spacial score (nSPS) is 12.6. The van der Waals surface area contributed by atoms with E-state index in [1.165, 1.54) is 23.9 Å². The summed E-state index contributed by atoms with van der Waals surface area (Å²) in [5, 5.41) is 8.46. The van der Waals surface area contributed by atoms with Crippen LogP contribution in [0.5, 0.6) is 5.75 Å². The number of sulfonamides is 1. The van der Waals surface area contributed by atoms with Crippen LogP contribution < -0.4 is 15.2 Å². The van der Waals surface area contributed by atoms with E-state index >= 15 is 0 Å². The smallest absolute Gasteiger partial charge is 0.238 e. The van der Waals surface area contributed by atoms with Gasteiger partial charge in [-0.15, -0.1) is 0 Å². The quantitative estimate of drug-likeness (QED) is 0.472. The Morgan fingerprint density at radius 1 is 1.26 bits per heavy atom. The number of nitrogens with two attached hydrogens (primary N) is 1. The lowest BCUT2D eigenvalue weighted by Crippen LogP contribution is -2.30. The van der Waals surface area contributed by atoms with Crippen molar-refractivity contribution >= 4 is 38.7 Å². The number of nitrogens with one attached hydrogen (secondary N) is 1. The monoisotopic (exact) mass is 462 g/mol. The first-order valence-corrected chi connectivity index (χ1v) is 12.3. The van der Waals surface area contributed by atoms with Gasteiger partial charge in [-0.2, -0.15) is 0 Å². The molecule has 1 unspecified atom stereocenters. The number of thioether (sulfide) groups is 1. The van der Waals surface area contributed by atoms with Crippen molar-refractivity contribution in [3.05, 3.63) is 48.0 Å². The fraction of sp³-hybridized carbons (Fsp3) is 0.333. The number of fused-ring (bicyclic) bond motifs is 1. The van der Waals surface area contributed by atoms with Crippen molar-refractivity contribution in [3.63, 3.8) is 0 Å². The van der Waals surface area contributed by atoms with Crippen molar-refractivity contribution in [1.82, 2.24) is 14.9 Å². The minimum absolute atomic E-state index is 0.0166. The summed E-state index contributed by atoms with van der Waals surface area (Å²) in [6.45, 7) is 4.98. The van der Waals surface area contributed by atoms with Crippen molar-refractivity contribution in [1.29, 1.82) is 0 Å². The van der Waals surface area contributed by atoms with E-state index in [1.54, 1.807) is 13.2 Å². The number of carbonyl (C=O) groups excluding carboxylic acids is 1. The molecule has 3 N–H and O–H groups in total. The highest BCUT2D eigenvalue weighted by atomic mass is 32.2. The number of benzene rings is 2. The molecule has 1 heterocycles. The van der Waals surface area contributed by atoms with Gasteiger partial charge in [0.2, 0.25) is 15.9 Å². The number of imidazole rings is 1. The zero-order valence-electron chi connectivity index (χ0n) is 17.7. The third kappa shape index (κ3) is 5.57. The van der Waals surface area contributed by atoms with Crippen LogP contribution in [-0.2, 0) is 27.9 Å². The summed E-state index contributed by atoms with van der Waals surface area (Å²) in [5.74, 6) is 0.653. The molecule has 3 rings (SSSR count). The van der Waals surface area contributed by atoms with Crippen LogP contribution in [0.2, 0.25) is 0 Å². The molecule has 0 aliphatic heterocycles. The average Bonchev–Trinajstić information content (AvgIpc) is 3.08. The molecule has 0 bridgehead atoms. The Morgan fingerprint density at radius 2 is 1.97 bits per heavy atom. The van der Waals surface area contributed by atoms with E-state index in [1.807, 2.05) is 42.7 Å². The molecule has 0 aliphatic carbocycles. The zero-order chi connectivity index (χ0) is 22.6. The predicted octanol–water partition coefficient (Wildman–Crippen LogP) is 2.90. The number of amides is 1. The second-order valence-electron chi connectivity index (χ2n) is 7.07. The first-order valence-electron chi connectivity index (χ1n) is 9.83. The topological polar surface area (TPSA) is 116 Å². The lowest BCUT2D eigenvalue weighted by atomic mass is 10.2. The molecular formula is C21H26N4O4S2. The maximum Gasteiger partial charge on any atom is 0.238 e. The molecular weight excluding hydrogens is 436 g/mol. The molecule has 3 aromatic rings. The number of hydrogen-bond acceptors (Lipinski definition) is 6. The van der Waals surface area contributed by atoms with Gasteiger partial charge in [0, 0.05) is 13.1 Å². The predicted molar refractivity (Wildman–Crippen MR) is 122 cm³/mol. The van der Waals surface area contributed by atoms with Crippen molar-refractivity contribution in [2.45, 2.75) is 48.7 Å². The molecule has 166 valence electrons. The fourth-order valence-electron chi connectivity index (χ4n) is 3.08. The van der Waals surface area contributed by atoms with E-state index in [2.05, 4.69) is 10.3 Å². The summed E-state index contributed by atoms with van der Waals surface area (Å²) < 4.78 is 30.5. The van der Waals surface area contributed by atoms with Gasteiger partial charge in [0.25, 0.3) is 0 Å². The fourth-order valence-corrected chi connectivity index (χ4v) is 4.59. The second kappa shape index (κ2) is 9.71. The molecule has 31 heavy (non-hydrogen) atoms. The number of hydrogen-bond donors (Lipinski definition) is 2. The van der Waals surface area contributed by atoms with Crippen molar-refractivity contribution in [2.24, 2.45) is 5.14 Å². The molecule has 0 fully saturated rings. The highest BCUT2D eigenvalue weighted by Gasteiger charge is 2.20. The van der Waals surface area contributed by atoms with Gasteiger partial charge in [-0.1, -0.05) is 30.8 Å². The third-order valence-electron chi connectivity index (χ3n) is 4.74. The van der Waals surface area contributed by atoms with Gasteiger partial charge in [-0.05, 0) is 49.2 Å². The summed E-state index contributed by atoms with van der Waals surface area (Å²) in [6.07, 6.45) is 0.869. The number of primary sulfonamides is 1. The van der Waals surface area contributed by atoms with Crippen LogP contribution in [0.3, 0.4) is 0 Å². The summed E-state index contributed by atoms with van der Waals surface area (Å²) in [6, 6.07) is 12.2. The van der Waals surface area contributed by atoms with Crippen LogP contribution in [0.4, 0.5) is 0 Å². The molecule has 10 heteroatoms. The van der Waals surface area contributed by atoms with Crippen LogP contribution >= 0.6 is 11.8 Å². The number of ether oxygens (including phenoxy) is 1. The first-order chi connectivity index (χ1) is 14.7. The van der Waals surface area contributed by atoms with E-state index in [4.69, 9.17) is 9.88 Å². The number of methoxy groups -OCH3 is 1. The lowest BCUT2D eigenvalue weighted by Gasteiger charge is -2.13. The van der Waals surface area contributed by atoms with Gasteiger partial charge >= 0.3 is 0 Å². The molecule has 0 spiro atoms. The van der Waals surface area contributed by atoms with Crippen LogP contribution in [-0.4, -0.2) is 36.2 Å². The second-order valence-corrected chi connectivity index (χ2v) is 9.94. The van der Waals surface area contributed by atoms with Gasteiger partial charge < -0.3 is 14.6 Å². The number of rotatable bonds is 9. The van der Waals surface area contributed by atoms with Gasteiger partial charge in [0.1, 0.15) is 5.75 Å². The molecule has 1 atom stereocenters. The van der Waals surface area contributed by atoms with Gasteiger partial charge in [-0.25, -0.2) is 18.5 Å². The summed E-state index contributed by atoms with van der Waals surface area (Å²) in [4.78, 5) is 17.2. The molecule has 2 aromatic carbocycles. The maximum absolute atomic E-state index is 12.6. The Balaban J connectivity index is 1.75. The molecule has 0 radical (unpaired) electrons. The minimum atomic E-state index is -3.81. The Labute approximate surface area is 186 Å². The molecule has 0 aliphatic rings. The zero-order valence-corrected chi connectivity index (χ0v) is 19.3. The Kier molecular flexibility index (Phi) is 7.24. The molecule has 1 amide bonds. The number of aryl methyl sites for hydroxylation is 1. The minimum Gasteiger partial charge on any atom is -0.497 e. The highest BCUT2D eigenvalue weighted by molar-refractivity contribution is 8.00. The van der Waals surface area contributed by atoms with Crippen molar-refractivity contribution < 1.29 is 17.9 Å². The number of aromatic nitrogens is 2. The van der Waals surface area contributed by atoms with Crippen LogP contribution in [0.15, 0.2) is 52.5 Å². The van der Waals surface area contributed by atoms with E-state index < -0.39 is 10.0 Å². The van der Waals surface area contributed by atoms with Crippen molar-refractivity contribution in [3.8, 4) is 5.75 Å². The Morgan fingerprint density at radius 3 is 2.58 bits per heavy atom. The standard InChI is InChI=1S/C21H26N4O4S2/c1-4-11-25-19-10-9-17(31(22,27)28)12-18(19)24-21(25)30-14(2)20(26)23-13-15-5-7-16(29-3)8-6-15/h5-10,12,14H,4,11,13H2,1-3H3,(H,23,26)(H2,22,27,28). The molecule has 1 aromatic heterocycles. The molecule has 0 saturated carbocycles. The highest BCUT2D eigenvalue weighted by Crippen LogP contribution is 2.29. The van der Waals surface area contributed by atoms with Crippen LogP contribution in [0.25, 0.3) is 11.0 Å². The Bertz CT molecular complexity index is 1170. The summed E-state index contributed by atoms with van der Waals surface area (Å²) >= 11 is 1.34. The summed E-state index contributed by atoms with van der Waals surface area (Å²) in [7, 11) is -2.20. The molecule has 8 nitrogen and oxygen atoms in total. The summed E-state index contributed by atoms with van der Waals surface area (Å²) in [5.41, 5.74) is 2.32. The largest absolute Gasteiger partial charge is 0.497 e. The van der Waals surface area contributed by atoms with Crippen LogP contribution in [0.1, 0.15) is 25.8 Å². The SMILES string of the molecule is CCCn1c(SC(C)C(=O)NCc2ccc(OC)cc2)nc2cc(S(N)(=O)=O)ccc21. The third-order valence-corrected chi connectivity index (χ3v) is 6.74. The van der Waals surface area contributed by atoms with Gasteiger partial charge in [0.15, 0.2) is 5.16 Å². The van der Waals surface area contributed by atoms with Gasteiger partial charge in [0.05, 0.1) is 28.3 Å². The number of nitrogens with zero attached hydrogens (tertiary/aromatic N) is 2. The van der Waals surface area contributed by atoms with E-state index in [0.29, 0.717) is 23.8 Å². The van der Waals surface area contributed by atoms with Gasteiger partial charge in [-0.3, -0.25) is 4.79 Å². The average molecular weight is 463 g/mol. The van der Waals surface area contributed by atoms with E-state index in [-0.39, 0.29) is 16.1 Å².